The highest BCUT2D eigenvalue weighted by Gasteiger charge is 2.16. The first-order valence-corrected chi connectivity index (χ1v) is 7.72. The number of ether oxygens (including phenoxy) is 3. The Morgan fingerprint density at radius 1 is 1.09 bits per heavy atom. The Morgan fingerprint density at radius 3 is 2.52 bits per heavy atom. The van der Waals surface area contributed by atoms with E-state index in [0.29, 0.717) is 35.8 Å². The second-order valence-electron chi connectivity index (χ2n) is 5.72. The van der Waals surface area contributed by atoms with Gasteiger partial charge >= 0.3 is 0 Å². The number of hydrogen-bond acceptors (Lipinski definition) is 6. The van der Waals surface area contributed by atoms with Gasteiger partial charge in [-0.25, -0.2) is 0 Å². The van der Waals surface area contributed by atoms with Gasteiger partial charge in [-0.2, -0.15) is 0 Å². The minimum absolute atomic E-state index is 0.239. The number of hydrogen-bond donors (Lipinski definition) is 0. The van der Waals surface area contributed by atoms with Crippen LogP contribution in [0.25, 0.3) is 11.5 Å². The molecule has 1 heterocycles. The highest BCUT2D eigenvalue weighted by Crippen LogP contribution is 2.32. The fourth-order valence-corrected chi connectivity index (χ4v) is 1.94. The van der Waals surface area contributed by atoms with Crippen LogP contribution in [-0.2, 0) is 4.74 Å². The van der Waals surface area contributed by atoms with Crippen LogP contribution in [0.5, 0.6) is 11.5 Å². The average molecular weight is 320 g/mol. The second-order valence-corrected chi connectivity index (χ2v) is 5.72. The van der Waals surface area contributed by atoms with Crippen molar-refractivity contribution in [2.75, 3.05) is 20.8 Å². The SMILES string of the molecule is COc1cc(-c2nnc([C@H](C)OC)o2)ccc1OCCC(C)C. The fraction of sp³-hybridized carbons (Fsp3) is 0.529. The Labute approximate surface area is 136 Å². The Morgan fingerprint density at radius 2 is 1.87 bits per heavy atom. The van der Waals surface area contributed by atoms with Crippen molar-refractivity contribution in [3.05, 3.63) is 24.1 Å². The van der Waals surface area contributed by atoms with Gasteiger partial charge in [0.2, 0.25) is 11.8 Å². The van der Waals surface area contributed by atoms with Crippen LogP contribution in [0.3, 0.4) is 0 Å². The van der Waals surface area contributed by atoms with Crippen LogP contribution < -0.4 is 9.47 Å². The summed E-state index contributed by atoms with van der Waals surface area (Å²) in [6, 6.07) is 5.57. The highest BCUT2D eigenvalue weighted by molar-refractivity contribution is 5.59. The first kappa shape index (κ1) is 17.3. The van der Waals surface area contributed by atoms with Gasteiger partial charge in [0.25, 0.3) is 0 Å². The number of rotatable bonds is 8. The lowest BCUT2D eigenvalue weighted by atomic mass is 10.1. The summed E-state index contributed by atoms with van der Waals surface area (Å²) in [5.74, 6) is 2.82. The predicted octanol–water partition coefficient (Wildman–Crippen LogP) is 3.88. The molecule has 1 atom stereocenters. The molecule has 126 valence electrons. The summed E-state index contributed by atoms with van der Waals surface area (Å²) in [7, 11) is 3.21. The first-order chi connectivity index (χ1) is 11.0. The maximum atomic E-state index is 5.78. The molecule has 23 heavy (non-hydrogen) atoms. The monoisotopic (exact) mass is 320 g/mol. The minimum atomic E-state index is -0.239. The van der Waals surface area contributed by atoms with E-state index in [1.165, 1.54) is 0 Å². The van der Waals surface area contributed by atoms with Crippen molar-refractivity contribution in [1.29, 1.82) is 0 Å². The number of nitrogens with zero attached hydrogens (tertiary/aromatic N) is 2. The van der Waals surface area contributed by atoms with Crippen LogP contribution in [0.2, 0.25) is 0 Å². The molecule has 0 aliphatic heterocycles. The Balaban J connectivity index is 2.16. The molecule has 1 aromatic carbocycles. The van der Waals surface area contributed by atoms with Crippen LogP contribution >= 0.6 is 0 Å². The van der Waals surface area contributed by atoms with Gasteiger partial charge in [-0.3, -0.25) is 0 Å². The summed E-state index contributed by atoms with van der Waals surface area (Å²) in [6.45, 7) is 6.84. The summed E-state index contributed by atoms with van der Waals surface area (Å²) in [5, 5.41) is 8.05. The lowest BCUT2D eigenvalue weighted by Crippen LogP contribution is -2.02. The summed E-state index contributed by atoms with van der Waals surface area (Å²) in [6.07, 6.45) is 0.754. The summed E-state index contributed by atoms with van der Waals surface area (Å²) in [4.78, 5) is 0. The second kappa shape index (κ2) is 7.97. The third kappa shape index (κ3) is 4.45. The van der Waals surface area contributed by atoms with Crippen LogP contribution in [0.1, 0.15) is 39.2 Å². The lowest BCUT2D eigenvalue weighted by molar-refractivity contribution is 0.0952. The van der Waals surface area contributed by atoms with E-state index in [-0.39, 0.29) is 6.10 Å². The van der Waals surface area contributed by atoms with E-state index in [2.05, 4.69) is 24.0 Å². The molecule has 6 heteroatoms. The molecule has 0 N–H and O–H groups in total. The van der Waals surface area contributed by atoms with Gasteiger partial charge in [0.15, 0.2) is 11.5 Å². The van der Waals surface area contributed by atoms with Crippen LogP contribution in [0.15, 0.2) is 22.6 Å². The average Bonchev–Trinajstić information content (AvgIpc) is 3.04. The van der Waals surface area contributed by atoms with Gasteiger partial charge in [0, 0.05) is 12.7 Å². The molecule has 0 aliphatic rings. The van der Waals surface area contributed by atoms with Crippen molar-refractivity contribution < 1.29 is 18.6 Å². The number of methoxy groups -OCH3 is 2. The fourth-order valence-electron chi connectivity index (χ4n) is 1.94. The smallest absolute Gasteiger partial charge is 0.248 e. The number of aromatic nitrogens is 2. The van der Waals surface area contributed by atoms with Crippen LogP contribution in [0.4, 0.5) is 0 Å². The highest BCUT2D eigenvalue weighted by atomic mass is 16.5. The van der Waals surface area contributed by atoms with Gasteiger partial charge in [-0.15, -0.1) is 10.2 Å². The van der Waals surface area contributed by atoms with E-state index < -0.39 is 0 Å². The van der Waals surface area contributed by atoms with Gasteiger partial charge in [-0.05, 0) is 37.5 Å². The molecular weight excluding hydrogens is 296 g/mol. The Bertz CT molecular complexity index is 625. The topological polar surface area (TPSA) is 66.6 Å². The van der Waals surface area contributed by atoms with E-state index in [9.17, 15) is 0 Å². The van der Waals surface area contributed by atoms with Crippen molar-refractivity contribution in [2.24, 2.45) is 5.92 Å². The van der Waals surface area contributed by atoms with Gasteiger partial charge in [0.05, 0.1) is 13.7 Å². The summed E-state index contributed by atoms with van der Waals surface area (Å²) < 4.78 is 22.0. The maximum Gasteiger partial charge on any atom is 0.248 e. The lowest BCUT2D eigenvalue weighted by Gasteiger charge is -2.12. The van der Waals surface area contributed by atoms with Gasteiger partial charge in [-0.1, -0.05) is 13.8 Å². The van der Waals surface area contributed by atoms with Gasteiger partial charge < -0.3 is 18.6 Å². The van der Waals surface area contributed by atoms with Crippen molar-refractivity contribution in [2.45, 2.75) is 33.3 Å². The zero-order chi connectivity index (χ0) is 16.8. The molecule has 0 amide bonds. The van der Waals surface area contributed by atoms with Crippen molar-refractivity contribution in [3.63, 3.8) is 0 Å². The largest absolute Gasteiger partial charge is 0.493 e. The first-order valence-electron chi connectivity index (χ1n) is 7.72. The molecular formula is C17H24N2O4. The van der Waals surface area contributed by atoms with Crippen LogP contribution in [-0.4, -0.2) is 31.0 Å². The Hall–Kier alpha value is -2.08. The van der Waals surface area contributed by atoms with Crippen molar-refractivity contribution >= 4 is 0 Å². The van der Waals surface area contributed by atoms with Crippen molar-refractivity contribution in [1.82, 2.24) is 10.2 Å². The van der Waals surface area contributed by atoms with Crippen LogP contribution in [0, 0.1) is 5.92 Å². The van der Waals surface area contributed by atoms with E-state index in [0.717, 1.165) is 12.0 Å². The quantitative estimate of drug-likeness (QED) is 0.735. The molecule has 0 radical (unpaired) electrons. The van der Waals surface area contributed by atoms with E-state index >= 15 is 0 Å². The third-order valence-corrected chi connectivity index (χ3v) is 3.51. The Kier molecular flexibility index (Phi) is 5.98. The van der Waals surface area contributed by atoms with Crippen molar-refractivity contribution in [3.8, 4) is 23.0 Å². The molecule has 2 rings (SSSR count). The molecule has 0 fully saturated rings. The molecule has 0 spiro atoms. The summed E-state index contributed by atoms with van der Waals surface area (Å²) in [5.41, 5.74) is 0.778. The van der Waals surface area contributed by atoms with E-state index in [1.54, 1.807) is 14.2 Å². The molecule has 0 saturated carbocycles. The number of benzene rings is 1. The third-order valence-electron chi connectivity index (χ3n) is 3.51. The molecule has 0 unspecified atom stereocenters. The summed E-state index contributed by atoms with van der Waals surface area (Å²) >= 11 is 0. The molecule has 6 nitrogen and oxygen atoms in total. The molecule has 0 bridgehead atoms. The molecule has 2 aromatic rings. The maximum absolute atomic E-state index is 5.78. The standard InChI is InChI=1S/C17H24N2O4/c1-11(2)8-9-22-14-7-6-13(10-15(14)21-5)17-19-18-16(23-17)12(3)20-4/h6-7,10-12H,8-9H2,1-5H3/t12-/m0/s1. The zero-order valence-corrected chi connectivity index (χ0v) is 14.3. The zero-order valence-electron chi connectivity index (χ0n) is 14.3. The van der Waals surface area contributed by atoms with E-state index in [4.69, 9.17) is 18.6 Å². The normalized spacial score (nSPS) is 12.4. The molecule has 1 aromatic heterocycles. The van der Waals surface area contributed by atoms with E-state index in [1.807, 2.05) is 25.1 Å². The van der Waals surface area contributed by atoms with Gasteiger partial charge in [0.1, 0.15) is 6.10 Å². The minimum Gasteiger partial charge on any atom is -0.493 e. The molecule has 0 aliphatic carbocycles. The molecule has 0 saturated heterocycles. The predicted molar refractivity (Wildman–Crippen MR) is 86.7 cm³/mol.